The number of hydrogen-bond acceptors (Lipinski definition) is 4. The molecule has 1 fully saturated rings. The molecule has 1 aromatic rings. The van der Waals surface area contributed by atoms with Crippen LogP contribution in [0.1, 0.15) is 56.1 Å². The summed E-state index contributed by atoms with van der Waals surface area (Å²) < 4.78 is 5.37. The van der Waals surface area contributed by atoms with Crippen molar-refractivity contribution in [2.45, 2.75) is 64.8 Å². The van der Waals surface area contributed by atoms with E-state index in [-0.39, 0.29) is 12.5 Å². The van der Waals surface area contributed by atoms with E-state index in [1.807, 2.05) is 26.0 Å². The van der Waals surface area contributed by atoms with Crippen LogP contribution in [0.15, 0.2) is 12.1 Å². The van der Waals surface area contributed by atoms with E-state index < -0.39 is 11.9 Å². The summed E-state index contributed by atoms with van der Waals surface area (Å²) in [7, 11) is 1.65. The fraction of sp³-hybridized carbons (Fsp3) is 0.619. The van der Waals surface area contributed by atoms with Crippen LogP contribution in [0, 0.1) is 19.8 Å². The Morgan fingerprint density at radius 2 is 1.81 bits per heavy atom. The molecule has 2 amide bonds. The minimum absolute atomic E-state index is 0.103. The maximum atomic E-state index is 12.2. The highest BCUT2D eigenvalue weighted by Gasteiger charge is 2.20. The quantitative estimate of drug-likeness (QED) is 0.618. The Balaban J connectivity index is 1.86. The van der Waals surface area contributed by atoms with E-state index in [1.165, 1.54) is 32.1 Å². The van der Waals surface area contributed by atoms with Crippen LogP contribution in [-0.2, 0) is 9.59 Å². The summed E-state index contributed by atoms with van der Waals surface area (Å²) in [6.07, 6.45) is 7.61. The lowest BCUT2D eigenvalue weighted by Crippen LogP contribution is -2.48. The zero-order valence-electron chi connectivity index (χ0n) is 16.8. The highest BCUT2D eigenvalue weighted by atomic mass is 16.5. The van der Waals surface area contributed by atoms with Crippen LogP contribution in [-0.4, -0.2) is 31.5 Å². The second-order valence-electron chi connectivity index (χ2n) is 7.59. The first kappa shape index (κ1) is 21.1. The molecule has 1 aliphatic carbocycles. The summed E-state index contributed by atoms with van der Waals surface area (Å²) in [6.45, 7) is 4.20. The number of aryl methyl sites for hydroxylation is 2. The fourth-order valence-corrected chi connectivity index (χ4v) is 3.89. The molecule has 27 heavy (non-hydrogen) atoms. The van der Waals surface area contributed by atoms with E-state index in [1.54, 1.807) is 7.11 Å². The Morgan fingerprint density at radius 3 is 2.37 bits per heavy atom. The molecule has 6 nitrogen and oxygen atoms in total. The lowest BCUT2D eigenvalue weighted by molar-refractivity contribution is -0.127. The van der Waals surface area contributed by atoms with Gasteiger partial charge in [0.05, 0.1) is 7.11 Å². The molecule has 1 aliphatic rings. The van der Waals surface area contributed by atoms with E-state index in [2.05, 4.69) is 10.6 Å². The first-order chi connectivity index (χ1) is 12.9. The third-order valence-electron chi connectivity index (χ3n) is 5.36. The molecule has 0 saturated heterocycles. The number of primary amides is 1. The topological polar surface area (TPSA) is 93.4 Å². The van der Waals surface area contributed by atoms with Gasteiger partial charge in [-0.15, -0.1) is 0 Å². The Kier molecular flexibility index (Phi) is 7.95. The SMILES string of the molecule is COc1c(C)cc(NC[C@H](NC(=O)CCC2CCCCC2)C(N)=O)cc1C. The molecule has 1 aromatic carbocycles. The number of nitrogens with two attached hydrogens (primary N) is 1. The standard InChI is InChI=1S/C21H33N3O3/c1-14-11-17(12-15(2)20(14)27-3)23-13-18(21(22)26)24-19(25)10-9-16-7-5-4-6-8-16/h11-12,16,18,23H,4-10,13H2,1-3H3,(H2,22,26)(H,24,25)/t18-/m0/s1. The Hall–Kier alpha value is -2.24. The minimum atomic E-state index is -0.730. The molecule has 0 radical (unpaired) electrons. The highest BCUT2D eigenvalue weighted by Crippen LogP contribution is 2.28. The van der Waals surface area contributed by atoms with Gasteiger partial charge >= 0.3 is 0 Å². The monoisotopic (exact) mass is 375 g/mol. The van der Waals surface area contributed by atoms with Crippen LogP contribution in [0.4, 0.5) is 5.69 Å². The first-order valence-corrected chi connectivity index (χ1v) is 9.88. The van der Waals surface area contributed by atoms with Crippen LogP contribution in [0.2, 0.25) is 0 Å². The number of hydrogen-bond donors (Lipinski definition) is 3. The van der Waals surface area contributed by atoms with Crippen LogP contribution in [0.25, 0.3) is 0 Å². The van der Waals surface area contributed by atoms with E-state index in [4.69, 9.17) is 10.5 Å². The lowest BCUT2D eigenvalue weighted by Gasteiger charge is -2.22. The van der Waals surface area contributed by atoms with Crippen molar-refractivity contribution in [1.29, 1.82) is 0 Å². The molecule has 1 atom stereocenters. The predicted octanol–water partition coefficient (Wildman–Crippen LogP) is 3.05. The molecule has 0 bridgehead atoms. The number of methoxy groups -OCH3 is 1. The second-order valence-corrected chi connectivity index (χ2v) is 7.59. The Bertz CT molecular complexity index is 631. The van der Waals surface area contributed by atoms with Crippen molar-refractivity contribution in [2.75, 3.05) is 19.0 Å². The molecule has 0 heterocycles. The van der Waals surface area contributed by atoms with Crippen molar-refractivity contribution in [3.05, 3.63) is 23.3 Å². The average molecular weight is 376 g/mol. The van der Waals surface area contributed by atoms with Crippen LogP contribution in [0.3, 0.4) is 0 Å². The van der Waals surface area contributed by atoms with Gasteiger partial charge in [0.25, 0.3) is 0 Å². The summed E-state index contributed by atoms with van der Waals surface area (Å²) in [6, 6.07) is 3.18. The highest BCUT2D eigenvalue weighted by molar-refractivity contribution is 5.87. The van der Waals surface area contributed by atoms with Crippen molar-refractivity contribution in [3.8, 4) is 5.75 Å². The number of nitrogens with one attached hydrogen (secondary N) is 2. The van der Waals surface area contributed by atoms with Gasteiger partial charge in [-0.3, -0.25) is 9.59 Å². The van der Waals surface area contributed by atoms with Gasteiger partial charge in [0.2, 0.25) is 11.8 Å². The lowest BCUT2D eigenvalue weighted by atomic mass is 9.86. The van der Waals surface area contributed by atoms with Gasteiger partial charge in [0.15, 0.2) is 0 Å². The number of anilines is 1. The molecule has 150 valence electrons. The average Bonchev–Trinajstić information content (AvgIpc) is 2.64. The van der Waals surface area contributed by atoms with Crippen LogP contribution < -0.4 is 21.1 Å². The van der Waals surface area contributed by atoms with Gasteiger partial charge in [0.1, 0.15) is 11.8 Å². The molecule has 2 rings (SSSR count). The minimum Gasteiger partial charge on any atom is -0.496 e. The zero-order chi connectivity index (χ0) is 19.8. The van der Waals surface area contributed by atoms with Crippen molar-refractivity contribution in [1.82, 2.24) is 5.32 Å². The third kappa shape index (κ3) is 6.45. The van der Waals surface area contributed by atoms with Gasteiger partial charge in [-0.25, -0.2) is 0 Å². The van der Waals surface area contributed by atoms with E-state index in [0.29, 0.717) is 12.3 Å². The maximum Gasteiger partial charge on any atom is 0.241 e. The van der Waals surface area contributed by atoms with E-state index >= 15 is 0 Å². The molecule has 0 aromatic heterocycles. The van der Waals surface area contributed by atoms with Gasteiger partial charge in [-0.05, 0) is 49.4 Å². The van der Waals surface area contributed by atoms with Crippen LogP contribution >= 0.6 is 0 Å². The van der Waals surface area contributed by atoms with Crippen LogP contribution in [0.5, 0.6) is 5.75 Å². The third-order valence-corrected chi connectivity index (χ3v) is 5.36. The fourth-order valence-electron chi connectivity index (χ4n) is 3.89. The summed E-state index contributed by atoms with van der Waals surface area (Å²) in [4.78, 5) is 24.0. The largest absolute Gasteiger partial charge is 0.496 e. The number of carbonyl (C=O) groups excluding carboxylic acids is 2. The number of benzene rings is 1. The van der Waals surface area contributed by atoms with Crippen molar-refractivity contribution in [2.24, 2.45) is 11.7 Å². The molecule has 6 heteroatoms. The molecule has 1 saturated carbocycles. The van der Waals surface area contributed by atoms with Gasteiger partial charge < -0.3 is 21.1 Å². The first-order valence-electron chi connectivity index (χ1n) is 9.88. The maximum absolute atomic E-state index is 12.2. The van der Waals surface area contributed by atoms with Gasteiger partial charge in [-0.1, -0.05) is 32.1 Å². The zero-order valence-corrected chi connectivity index (χ0v) is 16.8. The van der Waals surface area contributed by atoms with Crippen molar-refractivity contribution in [3.63, 3.8) is 0 Å². The summed E-state index contributed by atoms with van der Waals surface area (Å²) in [5.74, 6) is 0.853. The summed E-state index contributed by atoms with van der Waals surface area (Å²) in [5, 5.41) is 5.98. The Labute approximate surface area is 162 Å². The molecule has 0 aliphatic heterocycles. The molecular weight excluding hydrogens is 342 g/mol. The van der Waals surface area contributed by atoms with E-state index in [9.17, 15) is 9.59 Å². The number of ether oxygens (including phenoxy) is 1. The van der Waals surface area contributed by atoms with Gasteiger partial charge in [-0.2, -0.15) is 0 Å². The normalized spacial score (nSPS) is 15.8. The van der Waals surface area contributed by atoms with E-state index in [0.717, 1.165) is 29.0 Å². The van der Waals surface area contributed by atoms with Crippen molar-refractivity contribution >= 4 is 17.5 Å². The number of carbonyl (C=O) groups is 2. The number of rotatable bonds is 9. The Morgan fingerprint density at radius 1 is 1.19 bits per heavy atom. The predicted molar refractivity (Wildman–Crippen MR) is 108 cm³/mol. The second kappa shape index (κ2) is 10.2. The van der Waals surface area contributed by atoms with Gasteiger partial charge in [0, 0.05) is 18.7 Å². The van der Waals surface area contributed by atoms with Crippen molar-refractivity contribution < 1.29 is 14.3 Å². The molecule has 0 unspecified atom stereocenters. The number of amides is 2. The smallest absolute Gasteiger partial charge is 0.241 e. The molecular formula is C21H33N3O3. The summed E-state index contributed by atoms with van der Waals surface area (Å²) in [5.41, 5.74) is 8.36. The summed E-state index contributed by atoms with van der Waals surface area (Å²) >= 11 is 0. The molecule has 0 spiro atoms. The molecule has 4 N–H and O–H groups in total.